The number of likely N-dealkylation sites (N-methyl/N-ethyl adjacent to an activating group) is 1. The number of fused-ring (bicyclic) bond motifs is 2. The normalized spacial score (nSPS) is 20.8. The van der Waals surface area contributed by atoms with Crippen LogP contribution in [0.2, 0.25) is 0 Å². The molecule has 3 heterocycles. The molecule has 5 rings (SSSR count). The monoisotopic (exact) mass is 403 g/mol. The smallest absolute Gasteiger partial charge is 0.260 e. The number of carbonyl (C=O) groups excluding carboxylic acids is 1. The zero-order valence-electron chi connectivity index (χ0n) is 17.6. The van der Waals surface area contributed by atoms with E-state index in [1.165, 1.54) is 43.5 Å². The highest BCUT2D eigenvalue weighted by Gasteiger charge is 2.32. The summed E-state index contributed by atoms with van der Waals surface area (Å²) < 4.78 is 6.03. The van der Waals surface area contributed by atoms with Crippen molar-refractivity contribution in [3.63, 3.8) is 0 Å². The van der Waals surface area contributed by atoms with E-state index >= 15 is 0 Å². The lowest BCUT2D eigenvalue weighted by Crippen LogP contribution is -2.46. The highest BCUT2D eigenvalue weighted by atomic mass is 16.5. The summed E-state index contributed by atoms with van der Waals surface area (Å²) in [6.45, 7) is 7.24. The van der Waals surface area contributed by atoms with Crippen LogP contribution < -0.4 is 5.32 Å². The van der Waals surface area contributed by atoms with Crippen molar-refractivity contribution in [3.05, 3.63) is 64.7 Å². The summed E-state index contributed by atoms with van der Waals surface area (Å²) in [7, 11) is 0. The summed E-state index contributed by atoms with van der Waals surface area (Å²) in [4.78, 5) is 12.6. The number of hydrazine groups is 1. The number of hydrogen-bond donors (Lipinski definition) is 1. The van der Waals surface area contributed by atoms with Crippen LogP contribution >= 0.6 is 0 Å². The summed E-state index contributed by atoms with van der Waals surface area (Å²) in [5.41, 5.74) is 5.98. The van der Waals surface area contributed by atoms with Crippen molar-refractivity contribution in [2.45, 2.75) is 39.2 Å². The number of para-hydroxylation sites is 1. The van der Waals surface area contributed by atoms with Gasteiger partial charge in [-0.2, -0.15) is 0 Å². The number of benzene rings is 2. The number of piperidine rings is 1. The Bertz CT molecular complexity index is 992. The highest BCUT2D eigenvalue weighted by Crippen LogP contribution is 2.41. The molecule has 1 amide bonds. The van der Waals surface area contributed by atoms with Crippen LogP contribution in [-0.4, -0.2) is 42.1 Å². The number of rotatable bonds is 5. The fourth-order valence-corrected chi connectivity index (χ4v) is 4.84. The van der Waals surface area contributed by atoms with Gasteiger partial charge < -0.3 is 10.1 Å². The summed E-state index contributed by atoms with van der Waals surface area (Å²) in [5, 5.41) is 7.97. The molecule has 0 radical (unpaired) electrons. The second-order valence-corrected chi connectivity index (χ2v) is 8.29. The lowest BCUT2D eigenvalue weighted by Gasteiger charge is -2.37. The van der Waals surface area contributed by atoms with Gasteiger partial charge in [-0.3, -0.25) is 4.79 Å². The zero-order chi connectivity index (χ0) is 20.5. The van der Waals surface area contributed by atoms with Crippen molar-refractivity contribution in [1.29, 1.82) is 0 Å². The molecule has 5 heteroatoms. The van der Waals surface area contributed by atoms with E-state index in [1.807, 2.05) is 24.3 Å². The van der Waals surface area contributed by atoms with Crippen LogP contribution in [0.15, 0.2) is 42.5 Å². The minimum absolute atomic E-state index is 0.0803. The molecule has 0 aromatic heterocycles. The summed E-state index contributed by atoms with van der Waals surface area (Å²) >= 11 is 0. The molecule has 0 atom stereocenters. The van der Waals surface area contributed by atoms with Crippen LogP contribution in [0.25, 0.3) is 11.3 Å². The number of nitrogens with zero attached hydrogens (tertiary/aromatic N) is 2. The van der Waals surface area contributed by atoms with Gasteiger partial charge in [-0.25, -0.2) is 10.0 Å². The Morgan fingerprint density at radius 3 is 2.73 bits per heavy atom. The second kappa shape index (κ2) is 8.25. The fraction of sp³-hybridized carbons (Fsp3) is 0.400. The average molecular weight is 404 g/mol. The third kappa shape index (κ3) is 3.53. The van der Waals surface area contributed by atoms with Gasteiger partial charge in [0.25, 0.3) is 5.91 Å². The standard InChI is InChI=1S/C25H29N3O2/c1-2-27(28-13-6-3-7-14-28)15-12-18-10-11-20-19(16-18)17-30-24(20)23-21-8-4-5-9-22(21)26-25(23)29/h4-5,8-11,16H,2-3,6-7,12-15,17H2,1H3,(H,26,29). The maximum absolute atomic E-state index is 12.6. The molecule has 3 aliphatic rings. The molecule has 30 heavy (non-hydrogen) atoms. The van der Waals surface area contributed by atoms with Crippen LogP contribution in [0.5, 0.6) is 0 Å². The molecular weight excluding hydrogens is 374 g/mol. The Morgan fingerprint density at radius 2 is 1.90 bits per heavy atom. The van der Waals surface area contributed by atoms with Gasteiger partial charge in [-0.1, -0.05) is 49.7 Å². The zero-order valence-corrected chi connectivity index (χ0v) is 17.6. The summed E-state index contributed by atoms with van der Waals surface area (Å²) in [6, 6.07) is 14.4. The van der Waals surface area contributed by atoms with Crippen molar-refractivity contribution < 1.29 is 9.53 Å². The number of carbonyl (C=O) groups is 1. The lowest BCUT2D eigenvalue weighted by atomic mass is 9.98. The predicted molar refractivity (Wildman–Crippen MR) is 119 cm³/mol. The number of amides is 1. The summed E-state index contributed by atoms with van der Waals surface area (Å²) in [6.07, 6.45) is 4.99. The quantitative estimate of drug-likeness (QED) is 0.756. The van der Waals surface area contributed by atoms with E-state index in [4.69, 9.17) is 4.74 Å². The van der Waals surface area contributed by atoms with E-state index in [1.54, 1.807) is 0 Å². The van der Waals surface area contributed by atoms with E-state index in [0.717, 1.165) is 36.3 Å². The Labute approximate surface area is 178 Å². The van der Waals surface area contributed by atoms with Crippen molar-refractivity contribution in [2.24, 2.45) is 0 Å². The molecule has 156 valence electrons. The van der Waals surface area contributed by atoms with Crippen molar-refractivity contribution in [2.75, 3.05) is 31.5 Å². The van der Waals surface area contributed by atoms with Gasteiger partial charge in [0, 0.05) is 48.6 Å². The minimum atomic E-state index is -0.0803. The van der Waals surface area contributed by atoms with Gasteiger partial charge in [0.15, 0.2) is 0 Å². The molecular formula is C25H29N3O2. The Balaban J connectivity index is 1.35. The third-order valence-electron chi connectivity index (χ3n) is 6.44. The molecule has 0 unspecified atom stereocenters. The Kier molecular flexibility index (Phi) is 5.32. The van der Waals surface area contributed by atoms with Crippen molar-refractivity contribution in [1.82, 2.24) is 10.0 Å². The van der Waals surface area contributed by atoms with E-state index < -0.39 is 0 Å². The van der Waals surface area contributed by atoms with Crippen LogP contribution in [0.1, 0.15) is 48.4 Å². The predicted octanol–water partition coefficient (Wildman–Crippen LogP) is 4.30. The average Bonchev–Trinajstić information content (AvgIpc) is 3.34. The molecule has 1 fully saturated rings. The number of ether oxygens (including phenoxy) is 1. The fourth-order valence-electron chi connectivity index (χ4n) is 4.84. The first-order chi connectivity index (χ1) is 14.7. The van der Waals surface area contributed by atoms with Gasteiger partial charge in [-0.15, -0.1) is 0 Å². The number of anilines is 1. The molecule has 0 bridgehead atoms. The molecule has 2 aromatic rings. The first kappa shape index (κ1) is 19.3. The van der Waals surface area contributed by atoms with Crippen molar-refractivity contribution in [3.8, 4) is 0 Å². The SMILES string of the molecule is CCN(CCc1ccc2c(c1)COC2=C1C(=O)Nc2ccccc21)N1CCCCC1. The van der Waals surface area contributed by atoms with E-state index in [9.17, 15) is 4.79 Å². The summed E-state index contributed by atoms with van der Waals surface area (Å²) in [5.74, 6) is 0.630. The van der Waals surface area contributed by atoms with Gasteiger partial charge in [0.2, 0.25) is 0 Å². The molecule has 5 nitrogen and oxygen atoms in total. The Hall–Kier alpha value is -2.63. The lowest BCUT2D eigenvalue weighted by molar-refractivity contribution is -0.110. The van der Waals surface area contributed by atoms with Gasteiger partial charge in [0.1, 0.15) is 12.4 Å². The Morgan fingerprint density at radius 1 is 1.07 bits per heavy atom. The molecule has 0 spiro atoms. The van der Waals surface area contributed by atoms with E-state index in [-0.39, 0.29) is 5.91 Å². The first-order valence-corrected chi connectivity index (χ1v) is 11.1. The second-order valence-electron chi connectivity index (χ2n) is 8.29. The van der Waals surface area contributed by atoms with Crippen LogP contribution in [0.3, 0.4) is 0 Å². The maximum Gasteiger partial charge on any atom is 0.260 e. The number of hydrogen-bond acceptors (Lipinski definition) is 4. The largest absolute Gasteiger partial charge is 0.487 e. The molecule has 3 aliphatic heterocycles. The molecule has 1 saturated heterocycles. The van der Waals surface area contributed by atoms with Gasteiger partial charge in [-0.05, 0) is 30.9 Å². The maximum atomic E-state index is 12.6. The van der Waals surface area contributed by atoms with Gasteiger partial charge >= 0.3 is 0 Å². The molecule has 2 aromatic carbocycles. The van der Waals surface area contributed by atoms with E-state index in [2.05, 4.69) is 40.5 Å². The first-order valence-electron chi connectivity index (χ1n) is 11.1. The van der Waals surface area contributed by atoms with E-state index in [0.29, 0.717) is 17.9 Å². The molecule has 0 saturated carbocycles. The number of nitrogens with one attached hydrogen (secondary N) is 1. The van der Waals surface area contributed by atoms with Gasteiger partial charge in [0.05, 0.1) is 5.57 Å². The highest BCUT2D eigenvalue weighted by molar-refractivity contribution is 6.36. The third-order valence-corrected chi connectivity index (χ3v) is 6.44. The van der Waals surface area contributed by atoms with Crippen LogP contribution in [-0.2, 0) is 22.6 Å². The molecule has 1 N–H and O–H groups in total. The minimum Gasteiger partial charge on any atom is -0.487 e. The van der Waals surface area contributed by atoms with Crippen LogP contribution in [0, 0.1) is 0 Å². The van der Waals surface area contributed by atoms with Crippen molar-refractivity contribution >= 4 is 22.9 Å². The van der Waals surface area contributed by atoms with Crippen LogP contribution in [0.4, 0.5) is 5.69 Å². The topological polar surface area (TPSA) is 44.8 Å². The molecule has 0 aliphatic carbocycles.